The topological polar surface area (TPSA) is 29.5 Å². The van der Waals surface area contributed by atoms with Crippen LogP contribution in [0.1, 0.15) is 15.2 Å². The summed E-state index contributed by atoms with van der Waals surface area (Å²) < 4.78 is 5.27. The summed E-state index contributed by atoms with van der Waals surface area (Å²) in [6, 6.07) is 12.1. The summed E-state index contributed by atoms with van der Waals surface area (Å²) >= 11 is 1.77. The van der Waals surface area contributed by atoms with E-state index in [9.17, 15) is 4.79 Å². The predicted octanol–water partition coefficient (Wildman–Crippen LogP) is 3.20. The van der Waals surface area contributed by atoms with Crippen molar-refractivity contribution in [1.82, 2.24) is 4.90 Å². The van der Waals surface area contributed by atoms with E-state index < -0.39 is 0 Å². The van der Waals surface area contributed by atoms with Gasteiger partial charge in [0.05, 0.1) is 13.2 Å². The number of morpholine rings is 1. The highest BCUT2D eigenvalue weighted by Crippen LogP contribution is 2.27. The van der Waals surface area contributed by atoms with Crippen molar-refractivity contribution in [1.29, 1.82) is 0 Å². The molecule has 2 heterocycles. The van der Waals surface area contributed by atoms with Gasteiger partial charge in [-0.3, -0.25) is 4.79 Å². The maximum atomic E-state index is 12.3. The Morgan fingerprint density at radius 1 is 1.10 bits per heavy atom. The van der Waals surface area contributed by atoms with Gasteiger partial charge in [-0.1, -0.05) is 12.1 Å². The van der Waals surface area contributed by atoms with Gasteiger partial charge in [-0.25, -0.2) is 0 Å². The van der Waals surface area contributed by atoms with Crippen molar-refractivity contribution in [3.8, 4) is 10.4 Å². The van der Waals surface area contributed by atoms with Crippen LogP contribution in [0.25, 0.3) is 10.4 Å². The normalized spacial score (nSPS) is 15.3. The molecule has 20 heavy (non-hydrogen) atoms. The Labute approximate surface area is 122 Å². The molecule has 3 rings (SSSR count). The summed E-state index contributed by atoms with van der Waals surface area (Å²) in [5, 5.41) is 0. The fourth-order valence-corrected chi connectivity index (χ4v) is 3.19. The molecule has 3 nitrogen and oxygen atoms in total. The second kappa shape index (κ2) is 5.77. The van der Waals surface area contributed by atoms with E-state index >= 15 is 0 Å². The van der Waals surface area contributed by atoms with Crippen molar-refractivity contribution in [2.45, 2.75) is 6.92 Å². The molecule has 0 aliphatic carbocycles. The molecule has 104 valence electrons. The quantitative estimate of drug-likeness (QED) is 0.849. The first-order chi connectivity index (χ1) is 9.74. The number of thiophene rings is 1. The van der Waals surface area contributed by atoms with Gasteiger partial charge in [0.2, 0.25) is 0 Å². The lowest BCUT2D eigenvalue weighted by Crippen LogP contribution is -2.40. The van der Waals surface area contributed by atoms with Crippen molar-refractivity contribution in [2.75, 3.05) is 26.3 Å². The molecule has 0 radical (unpaired) electrons. The fraction of sp³-hybridized carbons (Fsp3) is 0.312. The van der Waals surface area contributed by atoms with Crippen molar-refractivity contribution in [2.24, 2.45) is 0 Å². The molecular formula is C16H17NO2S. The van der Waals surface area contributed by atoms with Gasteiger partial charge in [-0.2, -0.15) is 0 Å². The number of hydrogen-bond acceptors (Lipinski definition) is 3. The monoisotopic (exact) mass is 287 g/mol. The van der Waals surface area contributed by atoms with Crippen LogP contribution in [-0.4, -0.2) is 37.1 Å². The second-order valence-corrected chi connectivity index (χ2v) is 6.18. The van der Waals surface area contributed by atoms with Crippen LogP contribution in [0.2, 0.25) is 0 Å². The van der Waals surface area contributed by atoms with Gasteiger partial charge in [0.25, 0.3) is 5.91 Å². The van der Waals surface area contributed by atoms with Crippen LogP contribution in [0.15, 0.2) is 36.4 Å². The number of nitrogens with zero attached hydrogens (tertiary/aromatic N) is 1. The molecule has 1 aliphatic rings. The molecular weight excluding hydrogens is 270 g/mol. The Morgan fingerprint density at radius 2 is 1.80 bits per heavy atom. The van der Waals surface area contributed by atoms with Crippen LogP contribution in [-0.2, 0) is 4.74 Å². The Balaban J connectivity index is 1.77. The number of carbonyl (C=O) groups is 1. The van der Waals surface area contributed by atoms with E-state index in [4.69, 9.17) is 4.74 Å². The van der Waals surface area contributed by atoms with E-state index in [2.05, 4.69) is 19.1 Å². The van der Waals surface area contributed by atoms with E-state index in [-0.39, 0.29) is 5.91 Å². The van der Waals surface area contributed by atoms with Crippen LogP contribution >= 0.6 is 11.3 Å². The van der Waals surface area contributed by atoms with Gasteiger partial charge in [-0.15, -0.1) is 11.3 Å². The first-order valence-electron chi connectivity index (χ1n) is 6.78. The van der Waals surface area contributed by atoms with E-state index in [1.807, 2.05) is 29.2 Å². The maximum Gasteiger partial charge on any atom is 0.254 e. The number of ether oxygens (including phenoxy) is 1. The average Bonchev–Trinajstić information content (AvgIpc) is 2.94. The molecule has 1 aliphatic heterocycles. The van der Waals surface area contributed by atoms with Gasteiger partial charge >= 0.3 is 0 Å². The third-order valence-corrected chi connectivity index (χ3v) is 4.50. The minimum atomic E-state index is 0.0993. The van der Waals surface area contributed by atoms with Crippen molar-refractivity contribution in [3.05, 3.63) is 46.8 Å². The number of hydrogen-bond donors (Lipinski definition) is 0. The summed E-state index contributed by atoms with van der Waals surface area (Å²) in [6.07, 6.45) is 0. The average molecular weight is 287 g/mol. The maximum absolute atomic E-state index is 12.3. The van der Waals surface area contributed by atoms with Gasteiger partial charge < -0.3 is 9.64 Å². The highest BCUT2D eigenvalue weighted by molar-refractivity contribution is 7.15. The van der Waals surface area contributed by atoms with E-state index in [1.165, 1.54) is 15.3 Å². The molecule has 2 aromatic rings. The molecule has 0 atom stereocenters. The summed E-state index contributed by atoms with van der Waals surface area (Å²) in [5.41, 5.74) is 1.92. The lowest BCUT2D eigenvalue weighted by molar-refractivity contribution is 0.0303. The van der Waals surface area contributed by atoms with Crippen molar-refractivity contribution < 1.29 is 9.53 Å². The number of amides is 1. The number of rotatable bonds is 2. The third kappa shape index (κ3) is 2.76. The SMILES string of the molecule is Cc1ccc(-c2ccc(C(=O)N3CCOCC3)cc2)s1. The van der Waals surface area contributed by atoms with Crippen LogP contribution in [0.3, 0.4) is 0 Å². The Hall–Kier alpha value is -1.65. The van der Waals surface area contributed by atoms with Crippen molar-refractivity contribution in [3.63, 3.8) is 0 Å². The molecule has 4 heteroatoms. The minimum absolute atomic E-state index is 0.0993. The van der Waals surface area contributed by atoms with E-state index in [0.29, 0.717) is 26.3 Å². The molecule has 0 saturated carbocycles. The largest absolute Gasteiger partial charge is 0.378 e. The predicted molar refractivity (Wildman–Crippen MR) is 81.2 cm³/mol. The summed E-state index contributed by atoms with van der Waals surface area (Å²) in [7, 11) is 0. The zero-order valence-corrected chi connectivity index (χ0v) is 12.3. The smallest absolute Gasteiger partial charge is 0.254 e. The number of aryl methyl sites for hydroxylation is 1. The van der Waals surface area contributed by atoms with Crippen LogP contribution in [0.5, 0.6) is 0 Å². The Bertz CT molecular complexity index is 597. The number of benzene rings is 1. The Kier molecular flexibility index (Phi) is 3.85. The zero-order valence-electron chi connectivity index (χ0n) is 11.5. The van der Waals surface area contributed by atoms with Crippen molar-refractivity contribution >= 4 is 17.2 Å². The first kappa shape index (κ1) is 13.3. The molecule has 0 N–H and O–H groups in total. The minimum Gasteiger partial charge on any atom is -0.378 e. The molecule has 1 aromatic carbocycles. The molecule has 0 spiro atoms. The Morgan fingerprint density at radius 3 is 2.40 bits per heavy atom. The lowest BCUT2D eigenvalue weighted by atomic mass is 10.1. The van der Waals surface area contributed by atoms with Gasteiger partial charge in [0, 0.05) is 28.4 Å². The van der Waals surface area contributed by atoms with Gasteiger partial charge in [-0.05, 0) is 36.8 Å². The molecule has 0 unspecified atom stereocenters. The standard InChI is InChI=1S/C16H17NO2S/c1-12-2-7-15(20-12)13-3-5-14(6-4-13)16(18)17-8-10-19-11-9-17/h2-7H,8-11H2,1H3. The first-order valence-corrected chi connectivity index (χ1v) is 7.59. The zero-order chi connectivity index (χ0) is 13.9. The highest BCUT2D eigenvalue weighted by Gasteiger charge is 2.18. The fourth-order valence-electron chi connectivity index (χ4n) is 2.32. The van der Waals surface area contributed by atoms with Crippen LogP contribution < -0.4 is 0 Å². The molecule has 1 amide bonds. The molecule has 0 bridgehead atoms. The summed E-state index contributed by atoms with van der Waals surface area (Å²) in [4.78, 5) is 16.7. The number of carbonyl (C=O) groups excluding carboxylic acids is 1. The van der Waals surface area contributed by atoms with E-state index in [0.717, 1.165) is 5.56 Å². The summed E-state index contributed by atoms with van der Waals surface area (Å²) in [5.74, 6) is 0.0993. The second-order valence-electron chi connectivity index (χ2n) is 4.89. The lowest BCUT2D eigenvalue weighted by Gasteiger charge is -2.26. The van der Waals surface area contributed by atoms with Gasteiger partial charge in [0.15, 0.2) is 0 Å². The van der Waals surface area contributed by atoms with Gasteiger partial charge in [0.1, 0.15) is 0 Å². The highest BCUT2D eigenvalue weighted by atomic mass is 32.1. The van der Waals surface area contributed by atoms with Crippen LogP contribution in [0, 0.1) is 6.92 Å². The molecule has 1 saturated heterocycles. The molecule has 1 fully saturated rings. The van der Waals surface area contributed by atoms with E-state index in [1.54, 1.807) is 11.3 Å². The molecule has 1 aromatic heterocycles. The summed E-state index contributed by atoms with van der Waals surface area (Å²) in [6.45, 7) is 4.75. The van der Waals surface area contributed by atoms with Crippen LogP contribution in [0.4, 0.5) is 0 Å². The third-order valence-electron chi connectivity index (χ3n) is 3.46.